The smallest absolute Gasteiger partial charge is 0.301 e. The number of morpholine rings is 1. The van der Waals surface area contributed by atoms with Gasteiger partial charge in [-0.3, -0.25) is 10.2 Å². The largest absolute Gasteiger partial charge is 0.455 e. The SMILES string of the molecule is CCN1CCN(c2cc(C(C)(C)C)nc(SCc3ccc(C(=O)NN4CCOCC4)o3)n2)CC1. The number of nitrogens with zero attached hydrogens (tertiary/aromatic N) is 5. The van der Waals surface area contributed by atoms with E-state index in [1.165, 1.54) is 11.8 Å². The summed E-state index contributed by atoms with van der Waals surface area (Å²) in [4.78, 5) is 27.0. The summed E-state index contributed by atoms with van der Waals surface area (Å²) in [5, 5.41) is 2.59. The third kappa shape index (κ3) is 6.50. The van der Waals surface area contributed by atoms with Gasteiger partial charge in [-0.05, 0) is 18.7 Å². The van der Waals surface area contributed by atoms with Gasteiger partial charge >= 0.3 is 5.91 Å². The van der Waals surface area contributed by atoms with Crippen LogP contribution in [0.4, 0.5) is 5.82 Å². The van der Waals surface area contributed by atoms with Gasteiger partial charge in [0.25, 0.3) is 0 Å². The first-order chi connectivity index (χ1) is 16.3. The normalized spacial score (nSPS) is 18.3. The molecule has 4 rings (SSSR count). The fourth-order valence-corrected chi connectivity index (χ4v) is 4.65. The number of carbonyl (C=O) groups excluding carboxylic acids is 1. The van der Waals surface area contributed by atoms with Gasteiger partial charge in [-0.1, -0.05) is 39.5 Å². The molecule has 0 spiro atoms. The first-order valence-electron chi connectivity index (χ1n) is 12.0. The first kappa shape index (κ1) is 25.0. The zero-order valence-electron chi connectivity index (χ0n) is 20.7. The molecule has 2 aliphatic heterocycles. The van der Waals surface area contributed by atoms with Crippen LogP contribution in [0.1, 0.15) is 49.7 Å². The third-order valence-corrected chi connectivity index (χ3v) is 6.97. The third-order valence-electron chi connectivity index (χ3n) is 6.10. The molecular weight excluding hydrogens is 452 g/mol. The Bertz CT molecular complexity index is 962. The van der Waals surface area contributed by atoms with Crippen LogP contribution >= 0.6 is 11.8 Å². The molecule has 0 saturated carbocycles. The molecule has 2 aliphatic rings. The van der Waals surface area contributed by atoms with Gasteiger partial charge < -0.3 is 19.0 Å². The lowest BCUT2D eigenvalue weighted by molar-refractivity contribution is 0.0117. The number of furan rings is 1. The fraction of sp³-hybridized carbons (Fsp3) is 0.625. The zero-order valence-corrected chi connectivity index (χ0v) is 21.5. The van der Waals surface area contributed by atoms with E-state index in [4.69, 9.17) is 19.1 Å². The quantitative estimate of drug-likeness (QED) is 0.467. The van der Waals surface area contributed by atoms with Crippen LogP contribution in [-0.2, 0) is 15.9 Å². The highest BCUT2D eigenvalue weighted by molar-refractivity contribution is 7.98. The molecule has 10 heteroatoms. The number of thioether (sulfide) groups is 1. The molecule has 2 saturated heterocycles. The Balaban J connectivity index is 1.41. The van der Waals surface area contributed by atoms with Crippen molar-refractivity contribution in [1.29, 1.82) is 0 Å². The minimum atomic E-state index is -0.238. The minimum absolute atomic E-state index is 0.0757. The van der Waals surface area contributed by atoms with Crippen molar-refractivity contribution in [3.05, 3.63) is 35.4 Å². The molecule has 0 atom stereocenters. The van der Waals surface area contributed by atoms with Gasteiger partial charge in [-0.15, -0.1) is 0 Å². The molecule has 2 fully saturated rings. The van der Waals surface area contributed by atoms with Crippen molar-refractivity contribution >= 4 is 23.5 Å². The Morgan fingerprint density at radius 1 is 1.09 bits per heavy atom. The monoisotopic (exact) mass is 488 g/mol. The van der Waals surface area contributed by atoms with Crippen LogP contribution in [0.25, 0.3) is 0 Å². The number of aromatic nitrogens is 2. The highest BCUT2D eigenvalue weighted by Crippen LogP contribution is 2.29. The Labute approximate surface area is 206 Å². The van der Waals surface area contributed by atoms with Gasteiger partial charge in [0.05, 0.1) is 24.7 Å². The van der Waals surface area contributed by atoms with Crippen LogP contribution < -0.4 is 10.3 Å². The van der Waals surface area contributed by atoms with Crippen molar-refractivity contribution in [2.24, 2.45) is 0 Å². The number of hydrogen-bond acceptors (Lipinski definition) is 9. The highest BCUT2D eigenvalue weighted by Gasteiger charge is 2.23. The molecule has 186 valence electrons. The minimum Gasteiger partial charge on any atom is -0.455 e. The second-order valence-corrected chi connectivity index (χ2v) is 10.6. The van der Waals surface area contributed by atoms with Crippen LogP contribution in [0.5, 0.6) is 0 Å². The van der Waals surface area contributed by atoms with E-state index in [0.29, 0.717) is 37.8 Å². The predicted octanol–water partition coefficient (Wildman–Crippen LogP) is 2.78. The molecular formula is C24H36N6O3S. The molecule has 0 radical (unpaired) electrons. The van der Waals surface area contributed by atoms with Crippen molar-refractivity contribution in [2.45, 2.75) is 44.0 Å². The summed E-state index contributed by atoms with van der Waals surface area (Å²) in [6.07, 6.45) is 0. The summed E-state index contributed by atoms with van der Waals surface area (Å²) >= 11 is 1.54. The average molecular weight is 489 g/mol. The predicted molar refractivity (Wildman–Crippen MR) is 133 cm³/mol. The first-order valence-corrected chi connectivity index (χ1v) is 13.0. The van der Waals surface area contributed by atoms with Crippen LogP contribution in [-0.4, -0.2) is 84.8 Å². The lowest BCUT2D eigenvalue weighted by atomic mass is 9.92. The van der Waals surface area contributed by atoms with Crippen LogP contribution in [0.15, 0.2) is 27.8 Å². The summed E-state index contributed by atoms with van der Waals surface area (Å²) < 4.78 is 11.1. The molecule has 1 amide bonds. The molecule has 34 heavy (non-hydrogen) atoms. The van der Waals surface area contributed by atoms with E-state index in [1.807, 2.05) is 11.1 Å². The van der Waals surface area contributed by atoms with E-state index >= 15 is 0 Å². The van der Waals surface area contributed by atoms with Gasteiger partial charge in [-0.2, -0.15) is 0 Å². The second kappa shape index (κ2) is 11.1. The van der Waals surface area contributed by atoms with Gasteiger partial charge in [-0.25, -0.2) is 15.0 Å². The number of ether oxygens (including phenoxy) is 1. The number of piperazine rings is 1. The molecule has 0 unspecified atom stereocenters. The van der Waals surface area contributed by atoms with Crippen LogP contribution in [0.3, 0.4) is 0 Å². The second-order valence-electron chi connectivity index (χ2n) is 9.66. The Morgan fingerprint density at radius 2 is 1.82 bits per heavy atom. The van der Waals surface area contributed by atoms with Crippen molar-refractivity contribution in [2.75, 3.05) is 63.9 Å². The summed E-state index contributed by atoms with van der Waals surface area (Å²) in [5.74, 6) is 2.34. The van der Waals surface area contributed by atoms with Crippen molar-refractivity contribution in [3.63, 3.8) is 0 Å². The number of hydrazine groups is 1. The zero-order chi connectivity index (χ0) is 24.1. The number of carbonyl (C=O) groups is 1. The molecule has 4 heterocycles. The van der Waals surface area contributed by atoms with E-state index in [1.54, 1.807) is 6.07 Å². The van der Waals surface area contributed by atoms with Gasteiger partial charge in [0.15, 0.2) is 10.9 Å². The standard InChI is InChI=1S/C24H36N6O3S/c1-5-28-8-10-29(11-9-28)21-16-20(24(2,3)4)25-23(26-21)34-17-18-6-7-19(33-18)22(31)27-30-12-14-32-15-13-30/h6-7,16H,5,8-15,17H2,1-4H3,(H,27,31). The van der Waals surface area contributed by atoms with Gasteiger partial charge in [0.2, 0.25) is 0 Å². The van der Waals surface area contributed by atoms with E-state index < -0.39 is 0 Å². The fourth-order valence-electron chi connectivity index (χ4n) is 3.90. The maximum atomic E-state index is 12.5. The van der Waals surface area contributed by atoms with Crippen molar-refractivity contribution < 1.29 is 13.9 Å². The molecule has 2 aromatic rings. The summed E-state index contributed by atoms with van der Waals surface area (Å²) in [6, 6.07) is 5.70. The molecule has 0 bridgehead atoms. The van der Waals surface area contributed by atoms with Crippen molar-refractivity contribution in [1.82, 2.24) is 25.3 Å². The Kier molecular flexibility index (Phi) is 8.13. The highest BCUT2D eigenvalue weighted by atomic mass is 32.2. The topological polar surface area (TPSA) is 87.0 Å². The van der Waals surface area contributed by atoms with Crippen LogP contribution in [0.2, 0.25) is 0 Å². The van der Waals surface area contributed by atoms with E-state index in [9.17, 15) is 4.79 Å². The lowest BCUT2D eigenvalue weighted by Gasteiger charge is -2.35. The number of anilines is 1. The molecule has 0 aliphatic carbocycles. The summed E-state index contributed by atoms with van der Waals surface area (Å²) in [6.45, 7) is 16.4. The van der Waals surface area contributed by atoms with E-state index in [2.05, 4.69) is 49.0 Å². The Morgan fingerprint density at radius 3 is 2.50 bits per heavy atom. The molecule has 2 aromatic heterocycles. The average Bonchev–Trinajstić information content (AvgIpc) is 3.32. The maximum absolute atomic E-state index is 12.5. The lowest BCUT2D eigenvalue weighted by Crippen LogP contribution is -2.48. The van der Waals surface area contributed by atoms with Crippen molar-refractivity contribution in [3.8, 4) is 0 Å². The summed E-state index contributed by atoms with van der Waals surface area (Å²) in [5.41, 5.74) is 3.83. The number of rotatable bonds is 7. The maximum Gasteiger partial charge on any atom is 0.301 e. The van der Waals surface area contributed by atoms with Gasteiger partial charge in [0.1, 0.15) is 11.6 Å². The molecule has 1 N–H and O–H groups in total. The number of nitrogens with one attached hydrogen (secondary N) is 1. The van der Waals surface area contributed by atoms with E-state index in [0.717, 1.165) is 55.2 Å². The number of hydrogen-bond donors (Lipinski definition) is 1. The number of amides is 1. The molecule has 9 nitrogen and oxygen atoms in total. The van der Waals surface area contributed by atoms with E-state index in [-0.39, 0.29) is 11.3 Å². The van der Waals surface area contributed by atoms with Gasteiger partial charge in [0, 0.05) is 50.7 Å². The summed E-state index contributed by atoms with van der Waals surface area (Å²) in [7, 11) is 0. The number of likely N-dealkylation sites (N-methyl/N-ethyl adjacent to an activating group) is 1. The van der Waals surface area contributed by atoms with Crippen LogP contribution in [0, 0.1) is 0 Å². The molecule has 0 aromatic carbocycles. The Hall–Kier alpha value is -2.14.